The molecular weight excluding hydrogens is 250 g/mol. The largest absolute Gasteiger partial charge is 0.493 e. The average molecular weight is 269 g/mol. The van der Waals surface area contributed by atoms with Crippen molar-refractivity contribution in [3.63, 3.8) is 0 Å². The van der Waals surface area contributed by atoms with Gasteiger partial charge in [0.1, 0.15) is 12.4 Å². The molecular formula is C13H19NO3S. The van der Waals surface area contributed by atoms with E-state index in [4.69, 9.17) is 10.5 Å². The normalized spacial score (nSPS) is 18.7. The zero-order chi connectivity index (χ0) is 13.2. The molecule has 18 heavy (non-hydrogen) atoms. The van der Waals surface area contributed by atoms with E-state index in [1.165, 1.54) is 11.1 Å². The number of nitrogens with two attached hydrogens (primary N) is 1. The van der Waals surface area contributed by atoms with Crippen LogP contribution in [0.25, 0.3) is 0 Å². The molecule has 1 aromatic rings. The summed E-state index contributed by atoms with van der Waals surface area (Å²) in [5, 5.41) is 0. The van der Waals surface area contributed by atoms with E-state index in [2.05, 4.69) is 0 Å². The summed E-state index contributed by atoms with van der Waals surface area (Å²) in [6.45, 7) is 1.85. The number of sulfone groups is 1. The van der Waals surface area contributed by atoms with Gasteiger partial charge in [0.25, 0.3) is 0 Å². The van der Waals surface area contributed by atoms with E-state index in [0.29, 0.717) is 0 Å². The summed E-state index contributed by atoms with van der Waals surface area (Å²) in [4.78, 5) is 0. The third-order valence-electron chi connectivity index (χ3n) is 3.34. The van der Waals surface area contributed by atoms with Crippen LogP contribution in [-0.2, 0) is 16.3 Å². The van der Waals surface area contributed by atoms with Crippen molar-refractivity contribution in [3.05, 3.63) is 29.3 Å². The Morgan fingerprint density at radius 1 is 1.44 bits per heavy atom. The van der Waals surface area contributed by atoms with Crippen LogP contribution in [-0.4, -0.2) is 26.5 Å². The van der Waals surface area contributed by atoms with Crippen molar-refractivity contribution in [1.29, 1.82) is 0 Å². The average Bonchev–Trinajstić information content (AvgIpc) is 2.71. The molecule has 0 amide bonds. The van der Waals surface area contributed by atoms with E-state index in [0.717, 1.165) is 18.6 Å². The van der Waals surface area contributed by atoms with Gasteiger partial charge in [0.2, 0.25) is 0 Å². The van der Waals surface area contributed by atoms with Gasteiger partial charge in [-0.05, 0) is 36.1 Å². The maximum absolute atomic E-state index is 11.3. The van der Waals surface area contributed by atoms with Crippen LogP contribution in [0.4, 0.5) is 0 Å². The smallest absolute Gasteiger partial charge is 0.153 e. The predicted molar refractivity (Wildman–Crippen MR) is 71.5 cm³/mol. The van der Waals surface area contributed by atoms with Crippen LogP contribution >= 0.6 is 0 Å². The van der Waals surface area contributed by atoms with Gasteiger partial charge in [-0.3, -0.25) is 0 Å². The highest BCUT2D eigenvalue weighted by molar-refractivity contribution is 7.91. The monoisotopic (exact) mass is 269 g/mol. The van der Waals surface area contributed by atoms with Gasteiger partial charge in [0, 0.05) is 11.8 Å². The van der Waals surface area contributed by atoms with Crippen molar-refractivity contribution < 1.29 is 13.2 Å². The first-order valence-corrected chi connectivity index (χ1v) is 8.05. The van der Waals surface area contributed by atoms with Crippen LogP contribution < -0.4 is 10.5 Å². The van der Waals surface area contributed by atoms with Gasteiger partial charge >= 0.3 is 0 Å². The molecule has 1 unspecified atom stereocenters. The Morgan fingerprint density at radius 3 is 2.94 bits per heavy atom. The maximum Gasteiger partial charge on any atom is 0.153 e. The van der Waals surface area contributed by atoms with Crippen LogP contribution in [0, 0.1) is 0 Å². The lowest BCUT2D eigenvalue weighted by Crippen LogP contribution is -2.15. The van der Waals surface area contributed by atoms with E-state index in [1.807, 2.05) is 18.2 Å². The zero-order valence-electron chi connectivity index (χ0n) is 10.6. The standard InChI is InChI=1S/C13H19NO3S/c1-2-18(15,16)8-7-17-11-4-5-12-10(9-11)3-6-13(12)14/h4-5,9,13H,2-3,6-8,14H2,1H3. The molecule has 0 fully saturated rings. The van der Waals surface area contributed by atoms with Crippen LogP contribution in [0.5, 0.6) is 5.75 Å². The zero-order valence-corrected chi connectivity index (χ0v) is 11.4. The highest BCUT2D eigenvalue weighted by Crippen LogP contribution is 2.31. The van der Waals surface area contributed by atoms with Crippen LogP contribution in [0.2, 0.25) is 0 Å². The summed E-state index contributed by atoms with van der Waals surface area (Å²) in [7, 11) is -2.95. The lowest BCUT2D eigenvalue weighted by Gasteiger charge is -2.09. The minimum absolute atomic E-state index is 0.0695. The number of rotatable bonds is 5. The second-order valence-electron chi connectivity index (χ2n) is 4.59. The van der Waals surface area contributed by atoms with Gasteiger partial charge in [0.15, 0.2) is 9.84 Å². The van der Waals surface area contributed by atoms with E-state index in [9.17, 15) is 8.42 Å². The fourth-order valence-corrected chi connectivity index (χ4v) is 2.77. The van der Waals surface area contributed by atoms with Crippen LogP contribution in [0.1, 0.15) is 30.5 Å². The molecule has 1 aromatic carbocycles. The molecule has 0 aliphatic heterocycles. The molecule has 0 heterocycles. The van der Waals surface area contributed by atoms with Crippen molar-refractivity contribution in [2.24, 2.45) is 5.73 Å². The lowest BCUT2D eigenvalue weighted by atomic mass is 10.1. The Morgan fingerprint density at radius 2 is 2.22 bits per heavy atom. The third kappa shape index (κ3) is 3.03. The molecule has 1 aliphatic carbocycles. The van der Waals surface area contributed by atoms with Crippen molar-refractivity contribution in [2.75, 3.05) is 18.1 Å². The van der Waals surface area contributed by atoms with Crippen molar-refractivity contribution in [2.45, 2.75) is 25.8 Å². The Balaban J connectivity index is 1.96. The van der Waals surface area contributed by atoms with Gasteiger partial charge < -0.3 is 10.5 Å². The molecule has 2 rings (SSSR count). The van der Waals surface area contributed by atoms with Crippen LogP contribution in [0.15, 0.2) is 18.2 Å². The summed E-state index contributed by atoms with van der Waals surface area (Å²) in [6, 6.07) is 5.95. The van der Waals surface area contributed by atoms with Crippen molar-refractivity contribution in [1.82, 2.24) is 0 Å². The summed E-state index contributed by atoms with van der Waals surface area (Å²) in [6.07, 6.45) is 1.95. The molecule has 0 bridgehead atoms. The Labute approximate surface area is 108 Å². The number of hydrogen-bond donors (Lipinski definition) is 1. The van der Waals surface area contributed by atoms with E-state index in [-0.39, 0.29) is 24.2 Å². The maximum atomic E-state index is 11.3. The Kier molecular flexibility index (Phi) is 3.92. The fraction of sp³-hybridized carbons (Fsp3) is 0.538. The van der Waals surface area contributed by atoms with Gasteiger partial charge in [-0.15, -0.1) is 0 Å². The Hall–Kier alpha value is -1.07. The number of benzene rings is 1. The second kappa shape index (κ2) is 5.28. The van der Waals surface area contributed by atoms with Gasteiger partial charge in [-0.2, -0.15) is 0 Å². The van der Waals surface area contributed by atoms with Crippen molar-refractivity contribution in [3.8, 4) is 5.75 Å². The Bertz CT molecular complexity index is 525. The highest BCUT2D eigenvalue weighted by Gasteiger charge is 2.19. The third-order valence-corrected chi connectivity index (χ3v) is 5.01. The molecule has 0 radical (unpaired) electrons. The molecule has 5 heteroatoms. The summed E-state index contributed by atoms with van der Waals surface area (Å²) in [5.74, 6) is 0.962. The topological polar surface area (TPSA) is 69.4 Å². The molecule has 0 spiro atoms. The molecule has 1 aliphatic rings. The van der Waals surface area contributed by atoms with E-state index in [1.54, 1.807) is 6.92 Å². The number of hydrogen-bond acceptors (Lipinski definition) is 4. The first-order chi connectivity index (χ1) is 8.52. The molecule has 100 valence electrons. The van der Waals surface area contributed by atoms with Crippen molar-refractivity contribution >= 4 is 9.84 Å². The summed E-state index contributed by atoms with van der Waals surface area (Å²) < 4.78 is 28.1. The minimum Gasteiger partial charge on any atom is -0.493 e. The summed E-state index contributed by atoms with van der Waals surface area (Å²) in [5.41, 5.74) is 8.36. The highest BCUT2D eigenvalue weighted by atomic mass is 32.2. The predicted octanol–water partition coefficient (Wildman–Crippen LogP) is 1.45. The van der Waals surface area contributed by atoms with E-state index < -0.39 is 9.84 Å². The number of fused-ring (bicyclic) bond motifs is 1. The fourth-order valence-electron chi connectivity index (χ4n) is 2.15. The molecule has 2 N–H and O–H groups in total. The molecule has 4 nitrogen and oxygen atoms in total. The van der Waals surface area contributed by atoms with Gasteiger partial charge in [0.05, 0.1) is 5.75 Å². The van der Waals surface area contributed by atoms with E-state index >= 15 is 0 Å². The lowest BCUT2D eigenvalue weighted by molar-refractivity contribution is 0.340. The molecule has 1 atom stereocenters. The SMILES string of the molecule is CCS(=O)(=O)CCOc1ccc2c(c1)CCC2N. The molecule has 0 saturated carbocycles. The quantitative estimate of drug-likeness (QED) is 0.878. The minimum atomic E-state index is -2.95. The first-order valence-electron chi connectivity index (χ1n) is 6.23. The molecule has 0 aromatic heterocycles. The number of aryl methyl sites for hydroxylation is 1. The second-order valence-corrected chi connectivity index (χ2v) is 7.06. The molecule has 0 saturated heterocycles. The van der Waals surface area contributed by atoms with Gasteiger partial charge in [-0.1, -0.05) is 13.0 Å². The first kappa shape index (κ1) is 13.4. The van der Waals surface area contributed by atoms with Gasteiger partial charge in [-0.25, -0.2) is 8.42 Å². The number of ether oxygens (including phenoxy) is 1. The summed E-state index contributed by atoms with van der Waals surface area (Å²) >= 11 is 0. The van der Waals surface area contributed by atoms with Crippen LogP contribution in [0.3, 0.4) is 0 Å².